The van der Waals surface area contributed by atoms with E-state index < -0.39 is 86.8 Å². The van der Waals surface area contributed by atoms with Gasteiger partial charge in [-0.1, -0.05) is 189 Å². The second-order valence-electron chi connectivity index (χ2n) is 20.0. The van der Waals surface area contributed by atoms with Crippen molar-refractivity contribution in [1.82, 2.24) is 5.32 Å². The van der Waals surface area contributed by atoms with Crippen LogP contribution in [0.2, 0.25) is 0 Å². The summed E-state index contributed by atoms with van der Waals surface area (Å²) in [5.41, 5.74) is 0. The van der Waals surface area contributed by atoms with E-state index in [1.54, 1.807) is 6.08 Å². The summed E-state index contributed by atoms with van der Waals surface area (Å²) in [6, 6.07) is -0.956. The number of carbonyl (C=O) groups is 1. The molecule has 73 heavy (non-hydrogen) atoms. The van der Waals surface area contributed by atoms with Gasteiger partial charge in [0, 0.05) is 6.42 Å². The third-order valence-electron chi connectivity index (χ3n) is 13.6. The first-order chi connectivity index (χ1) is 35.6. The van der Waals surface area contributed by atoms with E-state index in [4.69, 9.17) is 18.9 Å². The summed E-state index contributed by atoms with van der Waals surface area (Å²) in [6.45, 7) is 2.62. The van der Waals surface area contributed by atoms with Gasteiger partial charge in [0.05, 0.1) is 32.0 Å². The number of aliphatic hydroxyl groups is 8. The lowest BCUT2D eigenvalue weighted by molar-refractivity contribution is -0.359. The number of hydrogen-bond acceptors (Lipinski definition) is 13. The number of allylic oxidation sites excluding steroid dienone is 11. The van der Waals surface area contributed by atoms with Crippen molar-refractivity contribution in [2.24, 2.45) is 0 Å². The molecule has 14 heteroatoms. The number of nitrogens with one attached hydrogen (secondary N) is 1. The fraction of sp³-hybridized carbons (Fsp3) is 0.780. The van der Waals surface area contributed by atoms with E-state index >= 15 is 0 Å². The van der Waals surface area contributed by atoms with E-state index in [1.165, 1.54) is 103 Å². The van der Waals surface area contributed by atoms with Crippen molar-refractivity contribution in [2.75, 3.05) is 19.8 Å². The summed E-state index contributed by atoms with van der Waals surface area (Å²) in [5.74, 6) is -0.285. The molecule has 2 saturated heterocycles. The first kappa shape index (κ1) is 66.5. The van der Waals surface area contributed by atoms with Gasteiger partial charge in [0.15, 0.2) is 12.6 Å². The molecule has 2 rings (SSSR count). The van der Waals surface area contributed by atoms with Gasteiger partial charge in [0.1, 0.15) is 48.8 Å². The Morgan fingerprint density at radius 1 is 0.507 bits per heavy atom. The van der Waals surface area contributed by atoms with Crippen molar-refractivity contribution in [3.05, 3.63) is 72.9 Å². The Labute approximate surface area is 440 Å². The maximum Gasteiger partial charge on any atom is 0.220 e. The van der Waals surface area contributed by atoms with Crippen molar-refractivity contribution >= 4 is 5.91 Å². The van der Waals surface area contributed by atoms with Gasteiger partial charge in [-0.25, -0.2) is 0 Å². The summed E-state index contributed by atoms with van der Waals surface area (Å²) in [4.78, 5) is 13.2. The Hall–Kier alpha value is -2.57. The lowest BCUT2D eigenvalue weighted by Gasteiger charge is -2.46. The second-order valence-corrected chi connectivity index (χ2v) is 20.0. The van der Waals surface area contributed by atoms with Crippen LogP contribution in [0.25, 0.3) is 0 Å². The molecule has 0 saturated carbocycles. The Kier molecular flexibility index (Phi) is 40.6. The molecule has 0 aromatic heterocycles. The Balaban J connectivity index is 1.79. The summed E-state index contributed by atoms with van der Waals surface area (Å²) < 4.78 is 22.7. The molecule has 0 bridgehead atoms. The van der Waals surface area contributed by atoms with Crippen LogP contribution >= 0.6 is 0 Å². The maximum atomic E-state index is 13.2. The van der Waals surface area contributed by atoms with Gasteiger partial charge in [-0.05, 0) is 77.0 Å². The smallest absolute Gasteiger partial charge is 0.220 e. The molecule has 0 aromatic carbocycles. The van der Waals surface area contributed by atoms with E-state index in [0.29, 0.717) is 12.8 Å². The SMILES string of the molecule is CC/C=C\C/C=C\C/C=C\CCCCCC(=O)NC(COC1OC(CO)C(OC2OC(CO)C(O)C(O)C2O)C(O)C1O)C(O)/C=C/CC/C=C/CC/C=C/CCCCCCCCCCCCCCCCCC. The summed E-state index contributed by atoms with van der Waals surface area (Å²) >= 11 is 0. The van der Waals surface area contributed by atoms with Crippen LogP contribution in [0.15, 0.2) is 72.9 Å². The molecule has 12 unspecified atom stereocenters. The zero-order valence-electron chi connectivity index (χ0n) is 45.1. The van der Waals surface area contributed by atoms with Crippen LogP contribution in [0.1, 0.15) is 200 Å². The summed E-state index contributed by atoms with van der Waals surface area (Å²) in [7, 11) is 0. The lowest BCUT2D eigenvalue weighted by atomic mass is 9.97. The largest absolute Gasteiger partial charge is 0.394 e. The van der Waals surface area contributed by atoms with Gasteiger partial charge < -0.3 is 65.1 Å². The molecular formula is C59H103NO13. The van der Waals surface area contributed by atoms with Crippen molar-refractivity contribution in [1.29, 1.82) is 0 Å². The predicted molar refractivity (Wildman–Crippen MR) is 290 cm³/mol. The topological polar surface area (TPSA) is 228 Å². The third kappa shape index (κ3) is 30.7. The molecule has 0 aliphatic carbocycles. The van der Waals surface area contributed by atoms with Crippen LogP contribution in [0.4, 0.5) is 0 Å². The highest BCUT2D eigenvalue weighted by atomic mass is 16.7. The zero-order valence-corrected chi connectivity index (χ0v) is 45.1. The van der Waals surface area contributed by atoms with Crippen LogP contribution < -0.4 is 5.32 Å². The van der Waals surface area contributed by atoms with E-state index in [0.717, 1.165) is 64.2 Å². The molecule has 2 fully saturated rings. The number of carbonyl (C=O) groups excluding carboxylic acids is 1. The predicted octanol–water partition coefficient (Wildman–Crippen LogP) is 9.16. The first-order valence-electron chi connectivity index (χ1n) is 28.7. The first-order valence-corrected chi connectivity index (χ1v) is 28.7. The quantitative estimate of drug-likeness (QED) is 0.0205. The van der Waals surface area contributed by atoms with Crippen LogP contribution in [0, 0.1) is 0 Å². The second kappa shape index (κ2) is 44.5. The van der Waals surface area contributed by atoms with Crippen LogP contribution in [0.5, 0.6) is 0 Å². The molecule has 2 heterocycles. The molecule has 12 atom stereocenters. The Morgan fingerprint density at radius 3 is 1.51 bits per heavy atom. The third-order valence-corrected chi connectivity index (χ3v) is 13.6. The zero-order chi connectivity index (χ0) is 53.2. The molecular weight excluding hydrogens is 931 g/mol. The van der Waals surface area contributed by atoms with Gasteiger partial charge in [0.25, 0.3) is 0 Å². The van der Waals surface area contributed by atoms with Crippen LogP contribution in [-0.4, -0.2) is 140 Å². The normalized spacial score (nSPS) is 25.9. The van der Waals surface area contributed by atoms with E-state index in [2.05, 4.69) is 79.9 Å². The minimum Gasteiger partial charge on any atom is -0.394 e. The number of hydrogen-bond donors (Lipinski definition) is 9. The number of rotatable bonds is 44. The fourth-order valence-corrected chi connectivity index (χ4v) is 8.98. The maximum absolute atomic E-state index is 13.2. The highest BCUT2D eigenvalue weighted by Gasteiger charge is 2.51. The fourth-order valence-electron chi connectivity index (χ4n) is 8.98. The highest BCUT2D eigenvalue weighted by molar-refractivity contribution is 5.76. The molecule has 14 nitrogen and oxygen atoms in total. The lowest BCUT2D eigenvalue weighted by Crippen LogP contribution is -2.65. The van der Waals surface area contributed by atoms with Gasteiger partial charge in [-0.3, -0.25) is 4.79 Å². The number of unbranched alkanes of at least 4 members (excludes halogenated alkanes) is 21. The average Bonchev–Trinajstić information content (AvgIpc) is 3.39. The van der Waals surface area contributed by atoms with E-state index in [1.807, 2.05) is 6.08 Å². The van der Waals surface area contributed by atoms with Crippen molar-refractivity contribution in [2.45, 2.75) is 274 Å². The van der Waals surface area contributed by atoms with Crippen LogP contribution in [0.3, 0.4) is 0 Å². The van der Waals surface area contributed by atoms with Gasteiger partial charge in [-0.15, -0.1) is 0 Å². The summed E-state index contributed by atoms with van der Waals surface area (Å²) in [6.07, 6.45) is 41.1. The highest BCUT2D eigenvalue weighted by Crippen LogP contribution is 2.30. The Bertz CT molecular complexity index is 1500. The number of amides is 1. The monoisotopic (exact) mass is 1030 g/mol. The molecule has 9 N–H and O–H groups in total. The van der Waals surface area contributed by atoms with Gasteiger partial charge >= 0.3 is 0 Å². The molecule has 0 spiro atoms. The number of aliphatic hydroxyl groups excluding tert-OH is 8. The molecule has 1 amide bonds. The number of ether oxygens (including phenoxy) is 4. The van der Waals surface area contributed by atoms with Gasteiger partial charge in [0.2, 0.25) is 5.91 Å². The standard InChI is InChI=1S/C59H103NO13/c1-3-5-7-9-11-13-15-17-18-19-20-21-22-23-24-25-26-27-28-29-31-32-34-36-38-40-42-48(63)47(60-51(64)43-41-39-37-35-33-30-16-14-12-10-8-6-4-2)46-70-58-56(69)54(67)57(50(45-62)72-58)73-59-55(68)53(66)52(65)49(44-61)71-59/h6,8,12,14,27-28,30,32-34,40,42,47-50,52-59,61-63,65-69H,3-5,7,9-11,13,15-26,29,31,35-39,41,43-46H2,1-2H3,(H,60,64)/b8-6-,14-12-,28-27+,33-30-,34-32+,42-40+. The Morgan fingerprint density at radius 2 is 0.959 bits per heavy atom. The van der Waals surface area contributed by atoms with Crippen molar-refractivity contribution in [3.8, 4) is 0 Å². The average molecular weight is 1030 g/mol. The molecule has 0 aromatic rings. The van der Waals surface area contributed by atoms with E-state index in [9.17, 15) is 45.6 Å². The molecule has 422 valence electrons. The van der Waals surface area contributed by atoms with Crippen molar-refractivity contribution < 1.29 is 64.6 Å². The molecule has 2 aliphatic rings. The summed E-state index contributed by atoms with van der Waals surface area (Å²) in [5, 5.41) is 86.9. The molecule has 0 radical (unpaired) electrons. The van der Waals surface area contributed by atoms with Crippen molar-refractivity contribution in [3.63, 3.8) is 0 Å². The molecule has 2 aliphatic heterocycles. The minimum absolute atomic E-state index is 0.231. The van der Waals surface area contributed by atoms with Gasteiger partial charge in [-0.2, -0.15) is 0 Å². The minimum atomic E-state index is -1.80. The van der Waals surface area contributed by atoms with Crippen LogP contribution in [-0.2, 0) is 23.7 Å². The van der Waals surface area contributed by atoms with E-state index in [-0.39, 0.29) is 18.9 Å².